The fraction of sp³-hybridized carbons (Fsp3) is 0.951. The molecule has 50 heavy (non-hydrogen) atoms. The molecular weight excluding hydrogens is 651 g/mol. The number of hydrogen-bond acceptors (Lipinski definition) is 6. The van der Waals surface area contributed by atoms with Gasteiger partial charge in [-0.05, 0) is 12.8 Å². The molecule has 8 nitrogen and oxygen atoms in total. The van der Waals surface area contributed by atoms with Gasteiger partial charge in [-0.1, -0.05) is 206 Å². The van der Waals surface area contributed by atoms with E-state index in [0.717, 1.165) is 32.1 Å². The van der Waals surface area contributed by atoms with Gasteiger partial charge in [0.15, 0.2) is 6.10 Å². The molecule has 9 heteroatoms. The second-order valence-corrected chi connectivity index (χ2v) is 15.9. The van der Waals surface area contributed by atoms with Crippen molar-refractivity contribution in [2.75, 3.05) is 13.2 Å². The maximum Gasteiger partial charge on any atom is 0.469 e. The van der Waals surface area contributed by atoms with Gasteiger partial charge in [-0.3, -0.25) is 14.1 Å². The minimum Gasteiger partial charge on any atom is -0.462 e. The molecule has 2 N–H and O–H groups in total. The van der Waals surface area contributed by atoms with Gasteiger partial charge in [0.25, 0.3) is 0 Å². The van der Waals surface area contributed by atoms with Gasteiger partial charge in [0.2, 0.25) is 0 Å². The van der Waals surface area contributed by atoms with Crippen LogP contribution < -0.4 is 0 Å². The van der Waals surface area contributed by atoms with E-state index in [2.05, 4.69) is 18.4 Å². The first kappa shape index (κ1) is 49.0. The molecule has 0 aromatic carbocycles. The maximum atomic E-state index is 12.4. The van der Waals surface area contributed by atoms with E-state index >= 15 is 0 Å². The second kappa shape index (κ2) is 37.8. The van der Waals surface area contributed by atoms with Gasteiger partial charge in [0.1, 0.15) is 6.61 Å². The number of hydrogen-bond donors (Lipinski definition) is 2. The van der Waals surface area contributed by atoms with Crippen LogP contribution in [-0.4, -0.2) is 41.0 Å². The molecule has 0 fully saturated rings. The lowest BCUT2D eigenvalue weighted by molar-refractivity contribution is -0.161. The van der Waals surface area contributed by atoms with Crippen LogP contribution >= 0.6 is 7.82 Å². The molecule has 298 valence electrons. The zero-order valence-electron chi connectivity index (χ0n) is 32.8. The van der Waals surface area contributed by atoms with Gasteiger partial charge in [0, 0.05) is 12.8 Å². The Balaban J connectivity index is 3.77. The minimum atomic E-state index is -4.74. The Morgan fingerprint density at radius 2 is 0.720 bits per heavy atom. The van der Waals surface area contributed by atoms with Crippen LogP contribution in [0.4, 0.5) is 0 Å². The first-order valence-corrected chi connectivity index (χ1v) is 22.9. The Hall–Kier alpha value is -0.950. The lowest BCUT2D eigenvalue weighted by Crippen LogP contribution is -2.29. The molecule has 0 bridgehead atoms. The van der Waals surface area contributed by atoms with E-state index in [-0.39, 0.29) is 19.4 Å². The van der Waals surface area contributed by atoms with Crippen LogP contribution in [0.15, 0.2) is 0 Å². The van der Waals surface area contributed by atoms with Crippen molar-refractivity contribution in [3.05, 3.63) is 0 Å². The number of phosphoric ester groups is 1. The molecule has 1 unspecified atom stereocenters. The molecule has 0 heterocycles. The topological polar surface area (TPSA) is 119 Å². The highest BCUT2D eigenvalue weighted by Gasteiger charge is 2.22. The highest BCUT2D eigenvalue weighted by Crippen LogP contribution is 2.36. The summed E-state index contributed by atoms with van der Waals surface area (Å²) in [6, 6.07) is 0. The fourth-order valence-electron chi connectivity index (χ4n) is 6.43. The molecule has 0 radical (unpaired) electrons. The van der Waals surface area contributed by atoms with E-state index in [4.69, 9.17) is 19.3 Å². The van der Waals surface area contributed by atoms with E-state index < -0.39 is 32.5 Å². The van der Waals surface area contributed by atoms with E-state index in [0.29, 0.717) is 6.42 Å². The molecule has 0 amide bonds. The molecule has 0 rings (SSSR count). The normalized spacial score (nSPS) is 12.3. The zero-order chi connectivity index (χ0) is 36.8. The largest absolute Gasteiger partial charge is 0.469 e. The third-order valence-electron chi connectivity index (χ3n) is 9.63. The number of carbonyl (C=O) groups excluding carboxylic acids is 2. The highest BCUT2D eigenvalue weighted by atomic mass is 31.2. The summed E-state index contributed by atoms with van der Waals surface area (Å²) in [7, 11) is -4.74. The molecule has 0 aliphatic carbocycles. The van der Waals surface area contributed by atoms with Crippen LogP contribution in [0.1, 0.15) is 232 Å². The lowest BCUT2D eigenvalue weighted by atomic mass is 10.0. The summed E-state index contributed by atoms with van der Waals surface area (Å²) in [4.78, 5) is 42.7. The molecule has 1 atom stereocenters. The molecule has 0 aliphatic heterocycles. The van der Waals surface area contributed by atoms with E-state index in [9.17, 15) is 14.2 Å². The summed E-state index contributed by atoms with van der Waals surface area (Å²) in [5, 5.41) is 0. The molecule has 0 saturated heterocycles. The zero-order valence-corrected chi connectivity index (χ0v) is 33.7. The lowest BCUT2D eigenvalue weighted by Gasteiger charge is -2.18. The number of unbranched alkanes of at least 4 members (excludes halogenated alkanes) is 30. The number of rotatable bonds is 40. The number of ether oxygens (including phenoxy) is 2. The number of esters is 2. The fourth-order valence-corrected chi connectivity index (χ4v) is 6.79. The van der Waals surface area contributed by atoms with Gasteiger partial charge in [-0.25, -0.2) is 4.57 Å². The van der Waals surface area contributed by atoms with Gasteiger partial charge in [-0.2, -0.15) is 0 Å². The summed E-state index contributed by atoms with van der Waals surface area (Å²) in [6.07, 6.45) is 39.8. The summed E-state index contributed by atoms with van der Waals surface area (Å²) in [5.41, 5.74) is 0. The Labute approximate surface area is 308 Å². The van der Waals surface area contributed by atoms with Crippen molar-refractivity contribution in [1.82, 2.24) is 0 Å². The molecule has 0 aromatic heterocycles. The molecule has 0 spiro atoms. The molecule has 0 aliphatic rings. The predicted molar refractivity (Wildman–Crippen MR) is 207 cm³/mol. The van der Waals surface area contributed by atoms with Crippen LogP contribution in [0.2, 0.25) is 0 Å². The van der Waals surface area contributed by atoms with Crippen molar-refractivity contribution < 1.29 is 37.9 Å². The molecule has 0 aromatic rings. The number of carbonyl (C=O) groups is 2. The van der Waals surface area contributed by atoms with Crippen LogP contribution in [-0.2, 0) is 28.2 Å². The van der Waals surface area contributed by atoms with Crippen molar-refractivity contribution in [3.8, 4) is 0 Å². The minimum absolute atomic E-state index is 0.220. The Morgan fingerprint density at radius 1 is 0.440 bits per heavy atom. The molecule has 0 saturated carbocycles. The monoisotopic (exact) mass is 733 g/mol. The maximum absolute atomic E-state index is 12.4. The first-order valence-electron chi connectivity index (χ1n) is 21.3. The van der Waals surface area contributed by atoms with Gasteiger partial charge in [-0.15, -0.1) is 0 Å². The summed E-state index contributed by atoms with van der Waals surface area (Å²) in [6.45, 7) is 3.70. The quantitative estimate of drug-likeness (QED) is 0.0363. The summed E-state index contributed by atoms with van der Waals surface area (Å²) in [5.74, 6) is -0.871. The SMILES string of the molecule is CCCCCCCCCCCCCCCCCCCCCCCCC(=O)OC(COC(=O)CCCCCCCCCCCC)COP(=O)(O)O. The van der Waals surface area contributed by atoms with Gasteiger partial charge in [0.05, 0.1) is 6.61 Å². The van der Waals surface area contributed by atoms with Crippen molar-refractivity contribution in [2.45, 2.75) is 238 Å². The van der Waals surface area contributed by atoms with Gasteiger partial charge >= 0.3 is 19.8 Å². The van der Waals surface area contributed by atoms with E-state index in [1.165, 1.54) is 167 Å². The van der Waals surface area contributed by atoms with E-state index in [1.807, 2.05) is 0 Å². The van der Waals surface area contributed by atoms with Crippen molar-refractivity contribution in [2.24, 2.45) is 0 Å². The summed E-state index contributed by atoms with van der Waals surface area (Å²) < 4.78 is 26.3. The Morgan fingerprint density at radius 3 is 1.02 bits per heavy atom. The Kier molecular flexibility index (Phi) is 37.1. The van der Waals surface area contributed by atoms with E-state index in [1.54, 1.807) is 0 Å². The Bertz CT molecular complexity index is 787. The van der Waals surface area contributed by atoms with Crippen molar-refractivity contribution in [1.29, 1.82) is 0 Å². The van der Waals surface area contributed by atoms with Gasteiger partial charge < -0.3 is 19.3 Å². The third-order valence-corrected chi connectivity index (χ3v) is 10.1. The van der Waals surface area contributed by atoms with Crippen LogP contribution in [0.3, 0.4) is 0 Å². The first-order chi connectivity index (χ1) is 24.3. The average Bonchev–Trinajstić information content (AvgIpc) is 3.08. The number of phosphoric acid groups is 1. The second-order valence-electron chi connectivity index (χ2n) is 14.7. The molecular formula is C41H81O8P. The van der Waals surface area contributed by atoms with Crippen molar-refractivity contribution >= 4 is 19.8 Å². The summed E-state index contributed by atoms with van der Waals surface area (Å²) >= 11 is 0. The van der Waals surface area contributed by atoms with Crippen LogP contribution in [0.25, 0.3) is 0 Å². The average molecular weight is 733 g/mol. The van der Waals surface area contributed by atoms with Crippen molar-refractivity contribution in [3.63, 3.8) is 0 Å². The standard InChI is InChI=1S/C41H81O8P/c1-3-5-7-9-11-13-15-16-17-18-19-20-21-22-23-24-25-26-28-30-32-34-36-41(43)49-39(38-48-50(44,45)46)37-47-40(42)35-33-31-29-27-14-12-10-8-6-4-2/h39H,3-38H2,1-2H3,(H2,44,45,46). The smallest absolute Gasteiger partial charge is 0.462 e. The predicted octanol–water partition coefficient (Wildman–Crippen LogP) is 12.9. The van der Waals surface area contributed by atoms with Crippen LogP contribution in [0, 0.1) is 0 Å². The third kappa shape index (κ3) is 39.8. The highest BCUT2D eigenvalue weighted by molar-refractivity contribution is 7.46. The van der Waals surface area contributed by atoms with Crippen LogP contribution in [0.5, 0.6) is 0 Å².